The number of hydrogen-bond donors (Lipinski definition) is 1. The Kier molecular flexibility index (Phi) is 6.97. The van der Waals surface area contributed by atoms with E-state index in [1.807, 2.05) is 13.8 Å². The second kappa shape index (κ2) is 8.04. The molecule has 1 rings (SSSR count). The molecule has 0 fully saturated rings. The van der Waals surface area contributed by atoms with Gasteiger partial charge in [0.05, 0.1) is 22.0 Å². The third-order valence-corrected chi connectivity index (χ3v) is 5.09. The zero-order chi connectivity index (χ0) is 16.9. The van der Waals surface area contributed by atoms with E-state index in [9.17, 15) is 13.2 Å². The van der Waals surface area contributed by atoms with E-state index in [2.05, 4.69) is 5.32 Å². The molecule has 0 radical (unpaired) electrons. The topological polar surface area (TPSA) is 66.5 Å². The Labute approximate surface area is 141 Å². The minimum Gasteiger partial charge on any atom is -0.354 e. The molecule has 1 atom stereocenters. The molecule has 22 heavy (non-hydrogen) atoms. The van der Waals surface area contributed by atoms with Gasteiger partial charge in [-0.2, -0.15) is 0 Å². The van der Waals surface area contributed by atoms with Crippen LogP contribution >= 0.6 is 23.2 Å². The number of carbonyl (C=O) groups excluding carboxylic acids is 1. The first-order valence-electron chi connectivity index (χ1n) is 6.87. The Hall–Kier alpha value is -0.980. The average molecular weight is 367 g/mol. The van der Waals surface area contributed by atoms with E-state index in [0.717, 1.165) is 17.0 Å². The molecule has 1 N–H and O–H groups in total. The maximum Gasteiger partial charge on any atom is 0.232 e. The Morgan fingerprint density at radius 2 is 1.95 bits per heavy atom. The second-order valence-electron chi connectivity index (χ2n) is 5.06. The SMILES string of the molecule is CCC(C)NC(=O)CCN(c1ccc(Cl)c(Cl)c1)S(C)(=O)=O. The van der Waals surface area contributed by atoms with Crippen LogP contribution in [0.2, 0.25) is 10.0 Å². The van der Waals surface area contributed by atoms with Crippen LogP contribution < -0.4 is 9.62 Å². The molecule has 0 heterocycles. The summed E-state index contributed by atoms with van der Waals surface area (Å²) in [4.78, 5) is 11.8. The average Bonchev–Trinajstić information content (AvgIpc) is 2.41. The van der Waals surface area contributed by atoms with Gasteiger partial charge in [0.2, 0.25) is 15.9 Å². The van der Waals surface area contributed by atoms with E-state index >= 15 is 0 Å². The summed E-state index contributed by atoms with van der Waals surface area (Å²) in [5.74, 6) is -0.192. The minimum absolute atomic E-state index is 0.0407. The zero-order valence-corrected chi connectivity index (χ0v) is 15.1. The molecule has 0 aliphatic rings. The standard InChI is InChI=1S/C14H20Cl2N2O3S/c1-4-10(2)17-14(19)7-8-18(22(3,20)21)11-5-6-12(15)13(16)9-11/h5-6,9-10H,4,7-8H2,1-3H3,(H,17,19). The van der Waals surface area contributed by atoms with E-state index in [-0.39, 0.29) is 29.9 Å². The van der Waals surface area contributed by atoms with Gasteiger partial charge in [-0.15, -0.1) is 0 Å². The van der Waals surface area contributed by atoms with Crippen molar-refractivity contribution in [1.82, 2.24) is 5.32 Å². The summed E-state index contributed by atoms with van der Waals surface area (Å²) in [5, 5.41) is 3.40. The molecular formula is C14H20Cl2N2O3S. The van der Waals surface area contributed by atoms with Crippen LogP contribution in [0.4, 0.5) is 5.69 Å². The van der Waals surface area contributed by atoms with E-state index in [1.165, 1.54) is 12.1 Å². The van der Waals surface area contributed by atoms with E-state index in [0.29, 0.717) is 10.7 Å². The summed E-state index contributed by atoms with van der Waals surface area (Å²) in [6, 6.07) is 4.61. The van der Waals surface area contributed by atoms with Crippen molar-refractivity contribution in [3.63, 3.8) is 0 Å². The van der Waals surface area contributed by atoms with Crippen LogP contribution in [0.15, 0.2) is 18.2 Å². The largest absolute Gasteiger partial charge is 0.354 e. The van der Waals surface area contributed by atoms with Crippen LogP contribution in [0, 0.1) is 0 Å². The van der Waals surface area contributed by atoms with E-state index in [1.54, 1.807) is 6.07 Å². The van der Waals surface area contributed by atoms with Crippen molar-refractivity contribution in [3.05, 3.63) is 28.2 Å². The number of nitrogens with zero attached hydrogens (tertiary/aromatic N) is 1. The number of amides is 1. The molecule has 0 bridgehead atoms. The lowest BCUT2D eigenvalue weighted by Crippen LogP contribution is -2.37. The van der Waals surface area contributed by atoms with Gasteiger partial charge in [0.15, 0.2) is 0 Å². The Balaban J connectivity index is 2.87. The predicted octanol–water partition coefficient (Wildman–Crippen LogP) is 3.06. The van der Waals surface area contributed by atoms with Crippen molar-refractivity contribution in [2.24, 2.45) is 0 Å². The minimum atomic E-state index is -3.53. The lowest BCUT2D eigenvalue weighted by Gasteiger charge is -2.23. The van der Waals surface area contributed by atoms with Crippen LogP contribution in [-0.4, -0.2) is 33.2 Å². The van der Waals surface area contributed by atoms with Crippen molar-refractivity contribution in [1.29, 1.82) is 0 Å². The molecule has 0 spiro atoms. The van der Waals surface area contributed by atoms with Crippen LogP contribution in [0.25, 0.3) is 0 Å². The maximum absolute atomic E-state index is 11.9. The van der Waals surface area contributed by atoms with Crippen LogP contribution in [-0.2, 0) is 14.8 Å². The highest BCUT2D eigenvalue weighted by molar-refractivity contribution is 7.92. The van der Waals surface area contributed by atoms with Crippen molar-refractivity contribution < 1.29 is 13.2 Å². The third-order valence-electron chi connectivity index (χ3n) is 3.15. The van der Waals surface area contributed by atoms with Gasteiger partial charge >= 0.3 is 0 Å². The molecule has 0 aliphatic heterocycles. The van der Waals surface area contributed by atoms with Crippen molar-refractivity contribution in [3.8, 4) is 0 Å². The van der Waals surface area contributed by atoms with Crippen molar-refractivity contribution in [2.45, 2.75) is 32.7 Å². The van der Waals surface area contributed by atoms with Crippen LogP contribution in [0.3, 0.4) is 0 Å². The Morgan fingerprint density at radius 1 is 1.32 bits per heavy atom. The van der Waals surface area contributed by atoms with Gasteiger partial charge in [-0.05, 0) is 31.5 Å². The smallest absolute Gasteiger partial charge is 0.232 e. The molecule has 1 aromatic carbocycles. The van der Waals surface area contributed by atoms with Gasteiger partial charge in [-0.1, -0.05) is 30.1 Å². The molecule has 0 saturated heterocycles. The summed E-state index contributed by atoms with van der Waals surface area (Å²) >= 11 is 11.8. The number of nitrogens with one attached hydrogen (secondary N) is 1. The molecular weight excluding hydrogens is 347 g/mol. The van der Waals surface area contributed by atoms with Crippen molar-refractivity contribution in [2.75, 3.05) is 17.1 Å². The molecule has 1 amide bonds. The van der Waals surface area contributed by atoms with Gasteiger partial charge in [-0.3, -0.25) is 9.10 Å². The number of benzene rings is 1. The normalized spacial score (nSPS) is 12.8. The first kappa shape index (κ1) is 19.1. The highest BCUT2D eigenvalue weighted by Gasteiger charge is 2.19. The molecule has 0 aromatic heterocycles. The summed E-state index contributed by atoms with van der Waals surface area (Å²) in [6.45, 7) is 3.90. The number of sulfonamides is 1. The summed E-state index contributed by atoms with van der Waals surface area (Å²) < 4.78 is 25.0. The Bertz CT molecular complexity index is 635. The van der Waals surface area contributed by atoms with Gasteiger partial charge in [0.1, 0.15) is 0 Å². The fourth-order valence-electron chi connectivity index (χ4n) is 1.78. The lowest BCUT2D eigenvalue weighted by atomic mass is 10.2. The van der Waals surface area contributed by atoms with Crippen molar-refractivity contribution >= 4 is 44.8 Å². The molecule has 0 aliphatic carbocycles. The molecule has 124 valence electrons. The predicted molar refractivity (Wildman–Crippen MR) is 91.2 cm³/mol. The monoisotopic (exact) mass is 366 g/mol. The number of hydrogen-bond acceptors (Lipinski definition) is 3. The van der Waals surface area contributed by atoms with Gasteiger partial charge in [0, 0.05) is 19.0 Å². The maximum atomic E-state index is 11.9. The van der Waals surface area contributed by atoms with Gasteiger partial charge in [-0.25, -0.2) is 8.42 Å². The second-order valence-corrected chi connectivity index (χ2v) is 7.78. The first-order valence-corrected chi connectivity index (χ1v) is 9.47. The van der Waals surface area contributed by atoms with Gasteiger partial charge < -0.3 is 5.32 Å². The highest BCUT2D eigenvalue weighted by Crippen LogP contribution is 2.28. The zero-order valence-electron chi connectivity index (χ0n) is 12.8. The van der Waals surface area contributed by atoms with Gasteiger partial charge in [0.25, 0.3) is 0 Å². The number of rotatable bonds is 7. The summed E-state index contributed by atoms with van der Waals surface area (Å²) in [7, 11) is -3.53. The molecule has 8 heteroatoms. The number of carbonyl (C=O) groups is 1. The highest BCUT2D eigenvalue weighted by atomic mass is 35.5. The number of halogens is 2. The Morgan fingerprint density at radius 3 is 2.45 bits per heavy atom. The molecule has 1 aromatic rings. The van der Waals surface area contributed by atoms with Crippen LogP contribution in [0.1, 0.15) is 26.7 Å². The lowest BCUT2D eigenvalue weighted by molar-refractivity contribution is -0.121. The number of anilines is 1. The van der Waals surface area contributed by atoms with Crippen LogP contribution in [0.5, 0.6) is 0 Å². The summed E-state index contributed by atoms with van der Waals surface area (Å²) in [5.41, 5.74) is 0.383. The third kappa shape index (κ3) is 5.66. The molecule has 0 saturated carbocycles. The summed E-state index contributed by atoms with van der Waals surface area (Å²) in [6.07, 6.45) is 1.97. The fraction of sp³-hybridized carbons (Fsp3) is 0.500. The molecule has 5 nitrogen and oxygen atoms in total. The van der Waals surface area contributed by atoms with E-state index in [4.69, 9.17) is 23.2 Å². The first-order chi connectivity index (χ1) is 10.1. The molecule has 1 unspecified atom stereocenters. The quantitative estimate of drug-likeness (QED) is 0.806. The fourth-order valence-corrected chi connectivity index (χ4v) is 2.99. The van der Waals surface area contributed by atoms with E-state index < -0.39 is 10.0 Å².